The average molecular weight is 488 g/mol. The highest BCUT2D eigenvalue weighted by molar-refractivity contribution is 7.99. The van der Waals surface area contributed by atoms with Crippen molar-refractivity contribution < 1.29 is 9.53 Å². The first kappa shape index (κ1) is 24.5. The molecule has 0 spiro atoms. The van der Waals surface area contributed by atoms with Crippen LogP contribution in [0.3, 0.4) is 0 Å². The molecule has 0 N–H and O–H groups in total. The van der Waals surface area contributed by atoms with E-state index in [-0.39, 0.29) is 17.2 Å². The molecule has 0 saturated heterocycles. The molecule has 0 fully saturated rings. The average Bonchev–Trinajstić information content (AvgIpc) is 3.30. The van der Waals surface area contributed by atoms with Gasteiger partial charge >= 0.3 is 0 Å². The Bertz CT molecular complexity index is 1250. The predicted octanol–water partition coefficient (Wildman–Crippen LogP) is 5.26. The minimum absolute atomic E-state index is 0.0427. The lowest BCUT2D eigenvalue weighted by molar-refractivity contribution is -0.133. The molecule has 2 aromatic carbocycles. The Hall–Kier alpha value is -3.65. The second-order valence-corrected chi connectivity index (χ2v) is 9.94. The van der Waals surface area contributed by atoms with Crippen LogP contribution < -0.4 is 4.74 Å². The fourth-order valence-electron chi connectivity index (χ4n) is 3.69. The number of carbonyl (C=O) groups excluding carboxylic acids is 1. The number of nitrogens with zero attached hydrogens (tertiary/aromatic N) is 5. The number of aromatic nitrogens is 4. The number of hydrogen-bond donors (Lipinski definition) is 0. The summed E-state index contributed by atoms with van der Waals surface area (Å²) in [5.41, 5.74) is 2.55. The second-order valence-electron chi connectivity index (χ2n) is 9.00. The smallest absolute Gasteiger partial charge is 0.233 e. The summed E-state index contributed by atoms with van der Waals surface area (Å²) >= 11 is 1.38. The highest BCUT2D eigenvalue weighted by Crippen LogP contribution is 2.29. The van der Waals surface area contributed by atoms with Crippen molar-refractivity contribution in [2.75, 3.05) is 12.9 Å². The minimum atomic E-state index is -0.320. The van der Waals surface area contributed by atoms with Gasteiger partial charge < -0.3 is 9.64 Å². The largest absolute Gasteiger partial charge is 0.497 e. The Morgan fingerprint density at radius 2 is 1.66 bits per heavy atom. The van der Waals surface area contributed by atoms with Crippen molar-refractivity contribution >= 4 is 17.7 Å². The van der Waals surface area contributed by atoms with Gasteiger partial charge in [-0.1, -0.05) is 42.1 Å². The van der Waals surface area contributed by atoms with Gasteiger partial charge in [0, 0.05) is 35.7 Å². The topological polar surface area (TPSA) is 73.1 Å². The van der Waals surface area contributed by atoms with Gasteiger partial charge in [0.05, 0.1) is 12.9 Å². The number of carbonyl (C=O) groups is 1. The zero-order valence-electron chi connectivity index (χ0n) is 20.4. The van der Waals surface area contributed by atoms with Crippen LogP contribution in [0.4, 0.5) is 0 Å². The lowest BCUT2D eigenvalue weighted by Crippen LogP contribution is -2.45. The highest BCUT2D eigenvalue weighted by Gasteiger charge is 2.27. The zero-order valence-corrected chi connectivity index (χ0v) is 21.2. The van der Waals surface area contributed by atoms with Gasteiger partial charge in [0.1, 0.15) is 5.75 Å². The van der Waals surface area contributed by atoms with Crippen molar-refractivity contribution in [1.29, 1.82) is 0 Å². The third-order valence-corrected chi connectivity index (χ3v) is 6.44. The first-order valence-electron chi connectivity index (χ1n) is 11.3. The summed E-state index contributed by atoms with van der Waals surface area (Å²) in [6.07, 6.45) is 3.45. The third kappa shape index (κ3) is 5.89. The van der Waals surface area contributed by atoms with Crippen LogP contribution in [0.1, 0.15) is 26.3 Å². The zero-order chi connectivity index (χ0) is 24.8. The maximum absolute atomic E-state index is 13.4. The number of methoxy groups -OCH3 is 1. The van der Waals surface area contributed by atoms with E-state index in [0.29, 0.717) is 17.5 Å². The number of ether oxygens (including phenoxy) is 1. The summed E-state index contributed by atoms with van der Waals surface area (Å²) in [6.45, 7) is 6.72. The molecule has 1 amide bonds. The van der Waals surface area contributed by atoms with Crippen LogP contribution in [-0.2, 0) is 11.3 Å². The standard InChI is InChI=1S/C27H29N5O2S/c1-27(2,3)31(18-20-8-6-5-7-9-20)24(33)19-35-26-30-29-25(21-14-16-28-17-15-21)32(26)22-10-12-23(34-4)13-11-22/h5-17H,18-19H2,1-4H3. The summed E-state index contributed by atoms with van der Waals surface area (Å²) in [5.74, 6) is 1.73. The van der Waals surface area contributed by atoms with Gasteiger partial charge in [-0.2, -0.15) is 0 Å². The van der Waals surface area contributed by atoms with E-state index in [2.05, 4.69) is 36.0 Å². The lowest BCUT2D eigenvalue weighted by atomic mass is 10.0. The van der Waals surface area contributed by atoms with E-state index in [4.69, 9.17) is 4.74 Å². The van der Waals surface area contributed by atoms with Gasteiger partial charge in [0.15, 0.2) is 11.0 Å². The number of benzene rings is 2. The van der Waals surface area contributed by atoms with Crippen LogP contribution in [0.5, 0.6) is 5.75 Å². The number of amides is 1. The minimum Gasteiger partial charge on any atom is -0.497 e. The highest BCUT2D eigenvalue weighted by atomic mass is 32.2. The number of hydrogen-bond acceptors (Lipinski definition) is 6. The molecule has 0 saturated carbocycles. The van der Waals surface area contributed by atoms with Gasteiger partial charge in [0.2, 0.25) is 5.91 Å². The van der Waals surface area contributed by atoms with Crippen molar-refractivity contribution in [3.05, 3.63) is 84.7 Å². The molecule has 0 unspecified atom stereocenters. The molecule has 35 heavy (non-hydrogen) atoms. The monoisotopic (exact) mass is 487 g/mol. The van der Waals surface area contributed by atoms with Crippen LogP contribution in [0.2, 0.25) is 0 Å². The summed E-state index contributed by atoms with van der Waals surface area (Å²) in [6, 6.07) is 21.5. The maximum atomic E-state index is 13.4. The molecule has 0 aliphatic heterocycles. The number of rotatable bonds is 8. The van der Waals surface area contributed by atoms with Gasteiger partial charge in [-0.25, -0.2) is 0 Å². The van der Waals surface area contributed by atoms with Crippen molar-refractivity contribution in [3.63, 3.8) is 0 Å². The second kappa shape index (κ2) is 10.7. The Morgan fingerprint density at radius 3 is 2.29 bits per heavy atom. The molecule has 0 aliphatic carbocycles. The van der Waals surface area contributed by atoms with E-state index in [9.17, 15) is 4.79 Å². The molecule has 2 aromatic heterocycles. The molecule has 2 heterocycles. The van der Waals surface area contributed by atoms with Gasteiger partial charge in [0.25, 0.3) is 0 Å². The van der Waals surface area contributed by atoms with Gasteiger partial charge in [-0.3, -0.25) is 14.3 Å². The van der Waals surface area contributed by atoms with E-state index in [1.165, 1.54) is 11.8 Å². The van der Waals surface area contributed by atoms with Crippen molar-refractivity contribution in [1.82, 2.24) is 24.6 Å². The predicted molar refractivity (Wildman–Crippen MR) is 139 cm³/mol. The summed E-state index contributed by atoms with van der Waals surface area (Å²) in [7, 11) is 1.64. The number of pyridine rings is 1. The Labute approximate surface area is 210 Å². The lowest BCUT2D eigenvalue weighted by Gasteiger charge is -2.36. The van der Waals surface area contributed by atoms with Crippen LogP contribution in [0.15, 0.2) is 84.3 Å². The van der Waals surface area contributed by atoms with Crippen molar-refractivity contribution in [2.45, 2.75) is 38.0 Å². The van der Waals surface area contributed by atoms with Crippen LogP contribution in [0, 0.1) is 0 Å². The molecule has 0 atom stereocenters. The summed E-state index contributed by atoms with van der Waals surface area (Å²) in [5, 5.41) is 9.54. The normalized spacial score (nSPS) is 11.3. The van der Waals surface area contributed by atoms with Crippen LogP contribution in [-0.4, -0.2) is 49.0 Å². The molecule has 0 aliphatic rings. The van der Waals surface area contributed by atoms with Crippen molar-refractivity contribution in [2.24, 2.45) is 0 Å². The Kier molecular flexibility index (Phi) is 7.51. The molecular weight excluding hydrogens is 458 g/mol. The fraction of sp³-hybridized carbons (Fsp3) is 0.259. The summed E-state index contributed by atoms with van der Waals surface area (Å²) < 4.78 is 7.28. The molecule has 4 aromatic rings. The van der Waals surface area contributed by atoms with E-state index in [0.717, 1.165) is 22.6 Å². The van der Waals surface area contributed by atoms with Gasteiger partial charge in [-0.05, 0) is 62.7 Å². The SMILES string of the molecule is COc1ccc(-n2c(SCC(=O)N(Cc3ccccc3)C(C)(C)C)nnc2-c2ccncc2)cc1. The van der Waals surface area contributed by atoms with Crippen molar-refractivity contribution in [3.8, 4) is 22.8 Å². The van der Waals surface area contributed by atoms with E-state index >= 15 is 0 Å². The van der Waals surface area contributed by atoms with E-state index < -0.39 is 0 Å². The molecule has 8 heteroatoms. The van der Waals surface area contributed by atoms with Crippen LogP contribution in [0.25, 0.3) is 17.1 Å². The molecule has 0 radical (unpaired) electrons. The van der Waals surface area contributed by atoms with E-state index in [1.54, 1.807) is 19.5 Å². The maximum Gasteiger partial charge on any atom is 0.233 e. The molecule has 0 bridgehead atoms. The number of thioether (sulfide) groups is 1. The molecule has 4 rings (SSSR count). The summed E-state index contributed by atoms with van der Waals surface area (Å²) in [4.78, 5) is 19.4. The molecule has 180 valence electrons. The van der Waals surface area contributed by atoms with E-state index in [1.807, 2.05) is 76.2 Å². The first-order chi connectivity index (χ1) is 16.9. The van der Waals surface area contributed by atoms with Gasteiger partial charge in [-0.15, -0.1) is 10.2 Å². The molecular formula is C27H29N5O2S. The molecule has 7 nitrogen and oxygen atoms in total. The first-order valence-corrected chi connectivity index (χ1v) is 12.3. The van der Waals surface area contributed by atoms with Crippen LogP contribution >= 0.6 is 11.8 Å². The fourth-order valence-corrected chi connectivity index (χ4v) is 4.51. The Morgan fingerprint density at radius 1 is 0.971 bits per heavy atom. The quantitative estimate of drug-likeness (QED) is 0.316. The third-order valence-electron chi connectivity index (χ3n) is 5.52. The Balaban J connectivity index is 1.61.